The van der Waals surface area contributed by atoms with Crippen molar-refractivity contribution in [1.82, 2.24) is 0 Å². The number of ether oxygens (including phenoxy) is 1. The number of hydrogen-bond acceptors (Lipinski definition) is 2. The highest BCUT2D eigenvalue weighted by molar-refractivity contribution is 4.99. The Kier molecular flexibility index (Phi) is 7.65. The maximum Gasteiger partial charge on any atom is 0.0773 e. The first-order valence-electron chi connectivity index (χ1n) is 3.95. The van der Waals surface area contributed by atoms with Crippen LogP contribution in [0, 0.1) is 0 Å². The van der Waals surface area contributed by atoms with Crippen LogP contribution in [0.1, 0.15) is 6.92 Å². The molecular formula is C10H16O2. The molecule has 1 atom stereocenters. The van der Waals surface area contributed by atoms with E-state index < -0.39 is 0 Å². The monoisotopic (exact) mass is 168 g/mol. The zero-order valence-corrected chi connectivity index (χ0v) is 7.60. The molecule has 1 rings (SSSR count). The Morgan fingerprint density at radius 1 is 1.08 bits per heavy atom. The maximum absolute atomic E-state index is 8.21. The van der Waals surface area contributed by atoms with Gasteiger partial charge in [-0.2, -0.15) is 0 Å². The summed E-state index contributed by atoms with van der Waals surface area (Å²) in [4.78, 5) is 0. The Bertz CT molecular complexity index is 132. The Morgan fingerprint density at radius 3 is 1.50 bits per heavy atom. The fourth-order valence-electron chi connectivity index (χ4n) is 0.459. The molecule has 1 aromatic rings. The molecule has 1 unspecified atom stereocenters. The normalized spacial score (nSPS) is 11.2. The molecule has 0 aromatic heterocycles. The molecule has 0 heterocycles. The predicted molar refractivity (Wildman–Crippen MR) is 50.0 cm³/mol. The van der Waals surface area contributed by atoms with Crippen LogP contribution in [0.25, 0.3) is 0 Å². The Balaban J connectivity index is 0.000000202. The van der Waals surface area contributed by atoms with Gasteiger partial charge in [-0.1, -0.05) is 36.4 Å². The van der Waals surface area contributed by atoms with Crippen molar-refractivity contribution in [3.63, 3.8) is 0 Å². The fraction of sp³-hybridized carbons (Fsp3) is 0.400. The van der Waals surface area contributed by atoms with Crippen LogP contribution in [0.4, 0.5) is 0 Å². The van der Waals surface area contributed by atoms with Crippen LogP contribution in [0.15, 0.2) is 36.4 Å². The molecule has 0 spiro atoms. The Morgan fingerprint density at radius 2 is 1.42 bits per heavy atom. The summed E-state index contributed by atoms with van der Waals surface area (Å²) in [6, 6.07) is 12.0. The summed E-state index contributed by atoms with van der Waals surface area (Å²) in [7, 11) is 1.57. The molecule has 0 amide bonds. The highest BCUT2D eigenvalue weighted by atomic mass is 16.5. The van der Waals surface area contributed by atoms with Gasteiger partial charge in [0.1, 0.15) is 0 Å². The summed E-state index contributed by atoms with van der Waals surface area (Å²) in [6.07, 6.45) is -0.00926. The highest BCUT2D eigenvalue weighted by Crippen LogP contribution is 1.80. The van der Waals surface area contributed by atoms with E-state index in [9.17, 15) is 0 Å². The van der Waals surface area contributed by atoms with E-state index in [2.05, 4.69) is 4.74 Å². The molecule has 1 N–H and O–H groups in total. The summed E-state index contributed by atoms with van der Waals surface area (Å²) in [5, 5.41) is 8.21. The largest absolute Gasteiger partial charge is 0.394 e. The van der Waals surface area contributed by atoms with E-state index in [1.54, 1.807) is 14.0 Å². The zero-order valence-electron chi connectivity index (χ0n) is 7.60. The quantitative estimate of drug-likeness (QED) is 0.728. The van der Waals surface area contributed by atoms with Crippen LogP contribution in [-0.4, -0.2) is 24.9 Å². The molecule has 0 saturated carbocycles. The van der Waals surface area contributed by atoms with Crippen molar-refractivity contribution in [2.24, 2.45) is 0 Å². The minimum atomic E-state index is -0.00926. The third-order valence-electron chi connectivity index (χ3n) is 1.33. The average molecular weight is 168 g/mol. The minimum absolute atomic E-state index is 0.00926. The lowest BCUT2D eigenvalue weighted by molar-refractivity contribution is 0.0623. The van der Waals surface area contributed by atoms with Crippen LogP contribution in [-0.2, 0) is 4.74 Å². The molecule has 0 saturated heterocycles. The first-order chi connectivity index (χ1) is 5.81. The number of methoxy groups -OCH3 is 1. The number of aliphatic hydroxyl groups excluding tert-OH is 1. The van der Waals surface area contributed by atoms with E-state index in [0.717, 1.165) is 0 Å². The van der Waals surface area contributed by atoms with Gasteiger partial charge in [0.05, 0.1) is 12.7 Å². The second-order valence-electron chi connectivity index (χ2n) is 2.38. The van der Waals surface area contributed by atoms with Gasteiger partial charge in [0.25, 0.3) is 0 Å². The predicted octanol–water partition coefficient (Wildman–Crippen LogP) is 1.70. The maximum atomic E-state index is 8.21. The van der Waals surface area contributed by atoms with E-state index in [-0.39, 0.29) is 12.7 Å². The van der Waals surface area contributed by atoms with Crippen LogP contribution in [0.2, 0.25) is 0 Å². The van der Waals surface area contributed by atoms with Gasteiger partial charge in [0.2, 0.25) is 0 Å². The van der Waals surface area contributed by atoms with Crippen LogP contribution >= 0.6 is 0 Å². The summed E-state index contributed by atoms with van der Waals surface area (Å²) in [5.74, 6) is 0. The van der Waals surface area contributed by atoms with E-state index in [0.29, 0.717) is 0 Å². The van der Waals surface area contributed by atoms with Crippen molar-refractivity contribution in [3.8, 4) is 0 Å². The molecule has 68 valence electrons. The van der Waals surface area contributed by atoms with Crippen LogP contribution in [0.3, 0.4) is 0 Å². The molecule has 2 heteroatoms. The summed E-state index contributed by atoms with van der Waals surface area (Å²) >= 11 is 0. The first kappa shape index (κ1) is 11.1. The smallest absolute Gasteiger partial charge is 0.0773 e. The van der Waals surface area contributed by atoms with Gasteiger partial charge in [-0.25, -0.2) is 0 Å². The van der Waals surface area contributed by atoms with Crippen molar-refractivity contribution < 1.29 is 9.84 Å². The van der Waals surface area contributed by atoms with Crippen molar-refractivity contribution >= 4 is 0 Å². The molecule has 1 aromatic carbocycles. The third kappa shape index (κ3) is 7.25. The second kappa shape index (κ2) is 8.24. The van der Waals surface area contributed by atoms with Gasteiger partial charge >= 0.3 is 0 Å². The van der Waals surface area contributed by atoms with Crippen molar-refractivity contribution in [2.75, 3.05) is 13.7 Å². The number of rotatable bonds is 2. The summed E-state index contributed by atoms with van der Waals surface area (Å²) in [5.41, 5.74) is 0. The summed E-state index contributed by atoms with van der Waals surface area (Å²) in [6.45, 7) is 1.91. The molecule has 0 bridgehead atoms. The Labute approximate surface area is 73.8 Å². The van der Waals surface area contributed by atoms with E-state index >= 15 is 0 Å². The molecule has 0 aliphatic carbocycles. The fourth-order valence-corrected chi connectivity index (χ4v) is 0.459. The van der Waals surface area contributed by atoms with Crippen molar-refractivity contribution in [3.05, 3.63) is 36.4 Å². The van der Waals surface area contributed by atoms with Crippen molar-refractivity contribution in [1.29, 1.82) is 0 Å². The van der Waals surface area contributed by atoms with Crippen molar-refractivity contribution in [2.45, 2.75) is 13.0 Å². The lowest BCUT2D eigenvalue weighted by atomic mass is 10.4. The van der Waals surface area contributed by atoms with Gasteiger partial charge < -0.3 is 9.84 Å². The molecule has 0 aliphatic rings. The number of aliphatic hydroxyl groups is 1. The standard InChI is InChI=1S/C6H6.C4H10O2/c1-2-4-6-5-3-1;1-4(3-5)6-2/h1-6H;4-5H,3H2,1-2H3. The molecule has 0 radical (unpaired) electrons. The zero-order chi connectivity index (χ0) is 9.23. The van der Waals surface area contributed by atoms with Crippen LogP contribution in [0.5, 0.6) is 0 Å². The van der Waals surface area contributed by atoms with Gasteiger partial charge in [-0.05, 0) is 6.92 Å². The third-order valence-corrected chi connectivity index (χ3v) is 1.33. The molecule has 2 nitrogen and oxygen atoms in total. The first-order valence-corrected chi connectivity index (χ1v) is 3.95. The lowest BCUT2D eigenvalue weighted by Gasteiger charge is -2.00. The van der Waals surface area contributed by atoms with E-state index in [1.807, 2.05) is 36.4 Å². The Hall–Kier alpha value is -0.860. The topological polar surface area (TPSA) is 29.5 Å². The average Bonchev–Trinajstić information content (AvgIpc) is 2.20. The SMILES string of the molecule is COC(C)CO.c1ccccc1. The van der Waals surface area contributed by atoms with Crippen LogP contribution < -0.4 is 0 Å². The van der Waals surface area contributed by atoms with Gasteiger partial charge in [0, 0.05) is 7.11 Å². The second-order valence-corrected chi connectivity index (χ2v) is 2.38. The number of hydrogen-bond donors (Lipinski definition) is 1. The van der Waals surface area contributed by atoms with E-state index in [4.69, 9.17) is 5.11 Å². The van der Waals surface area contributed by atoms with Gasteiger partial charge in [-0.3, -0.25) is 0 Å². The van der Waals surface area contributed by atoms with Gasteiger partial charge in [0.15, 0.2) is 0 Å². The molecule has 12 heavy (non-hydrogen) atoms. The molecular weight excluding hydrogens is 152 g/mol. The number of benzene rings is 1. The highest BCUT2D eigenvalue weighted by Gasteiger charge is 1.90. The lowest BCUT2D eigenvalue weighted by Crippen LogP contribution is -2.08. The minimum Gasteiger partial charge on any atom is -0.394 e. The molecule has 0 fully saturated rings. The summed E-state index contributed by atoms with van der Waals surface area (Å²) < 4.78 is 4.65. The van der Waals surface area contributed by atoms with Gasteiger partial charge in [-0.15, -0.1) is 0 Å². The van der Waals surface area contributed by atoms with E-state index in [1.165, 1.54) is 0 Å². The molecule has 0 aliphatic heterocycles.